The van der Waals surface area contributed by atoms with E-state index in [2.05, 4.69) is 28.5 Å². The minimum Gasteiger partial charge on any atom is -0.378 e. The van der Waals surface area contributed by atoms with Crippen LogP contribution in [0.2, 0.25) is 0 Å². The Kier molecular flexibility index (Phi) is 6.31. The molecule has 3 rings (SSSR count). The molecule has 0 aliphatic carbocycles. The molecular weight excluding hydrogens is 368 g/mol. The molecular formula is C22H24N4OS. The van der Waals surface area contributed by atoms with Crippen molar-refractivity contribution in [3.05, 3.63) is 65.4 Å². The normalized spacial score (nSPS) is 11.1. The molecule has 1 heterocycles. The van der Waals surface area contributed by atoms with E-state index in [0.717, 1.165) is 38.3 Å². The van der Waals surface area contributed by atoms with E-state index < -0.39 is 0 Å². The van der Waals surface area contributed by atoms with Gasteiger partial charge >= 0.3 is 0 Å². The molecule has 0 saturated heterocycles. The topological polar surface area (TPSA) is 57.6 Å². The standard InChI is InChI=1S/C22H24N4OS/c1-15-6-5-7-19-20(12-16(2)24-22(15)19)28-14-21(27)25-23-13-17-8-10-18(11-9-17)26(3)4/h5-13H,14H2,1-4H3,(H,25,27). The molecule has 28 heavy (non-hydrogen) atoms. The summed E-state index contributed by atoms with van der Waals surface area (Å²) < 4.78 is 0. The summed E-state index contributed by atoms with van der Waals surface area (Å²) in [4.78, 5) is 19.9. The number of hydrazone groups is 1. The van der Waals surface area contributed by atoms with Crippen LogP contribution in [0.15, 0.2) is 58.5 Å². The number of hydrogen-bond donors (Lipinski definition) is 1. The van der Waals surface area contributed by atoms with Gasteiger partial charge in [-0.05, 0) is 43.2 Å². The van der Waals surface area contributed by atoms with Gasteiger partial charge in [-0.25, -0.2) is 5.43 Å². The highest BCUT2D eigenvalue weighted by atomic mass is 32.2. The predicted octanol–water partition coefficient (Wildman–Crippen LogP) is 4.16. The highest BCUT2D eigenvalue weighted by Gasteiger charge is 2.09. The first-order valence-electron chi connectivity index (χ1n) is 9.03. The van der Waals surface area contributed by atoms with Gasteiger partial charge in [0.1, 0.15) is 0 Å². The van der Waals surface area contributed by atoms with Crippen molar-refractivity contribution in [2.45, 2.75) is 18.7 Å². The van der Waals surface area contributed by atoms with Crippen LogP contribution in [-0.4, -0.2) is 37.0 Å². The highest BCUT2D eigenvalue weighted by molar-refractivity contribution is 8.00. The van der Waals surface area contributed by atoms with Crippen LogP contribution in [-0.2, 0) is 4.79 Å². The molecule has 6 heteroatoms. The van der Waals surface area contributed by atoms with Gasteiger partial charge in [-0.15, -0.1) is 11.8 Å². The predicted molar refractivity (Wildman–Crippen MR) is 118 cm³/mol. The Labute approximate surface area is 169 Å². The van der Waals surface area contributed by atoms with Crippen LogP contribution in [0.5, 0.6) is 0 Å². The Bertz CT molecular complexity index is 1010. The Balaban J connectivity index is 1.60. The van der Waals surface area contributed by atoms with Crippen molar-refractivity contribution in [3.8, 4) is 0 Å². The number of para-hydroxylation sites is 1. The van der Waals surface area contributed by atoms with Crippen LogP contribution >= 0.6 is 11.8 Å². The number of anilines is 1. The third kappa shape index (κ3) is 4.89. The molecule has 1 aromatic heterocycles. The monoisotopic (exact) mass is 392 g/mol. The van der Waals surface area contributed by atoms with Crippen molar-refractivity contribution in [1.29, 1.82) is 0 Å². The molecule has 0 fully saturated rings. The number of thioether (sulfide) groups is 1. The maximum absolute atomic E-state index is 12.2. The lowest BCUT2D eigenvalue weighted by atomic mass is 10.1. The van der Waals surface area contributed by atoms with Crippen LogP contribution in [0.1, 0.15) is 16.8 Å². The van der Waals surface area contributed by atoms with Gasteiger partial charge in [0.25, 0.3) is 0 Å². The lowest BCUT2D eigenvalue weighted by Gasteiger charge is -2.11. The second-order valence-electron chi connectivity index (χ2n) is 6.80. The molecule has 0 atom stereocenters. The number of hydrogen-bond acceptors (Lipinski definition) is 5. The number of nitrogens with one attached hydrogen (secondary N) is 1. The summed E-state index contributed by atoms with van der Waals surface area (Å²) in [7, 11) is 3.99. The average molecular weight is 393 g/mol. The van der Waals surface area contributed by atoms with Gasteiger partial charge < -0.3 is 4.90 Å². The van der Waals surface area contributed by atoms with Gasteiger partial charge in [-0.1, -0.05) is 30.3 Å². The molecule has 0 bridgehead atoms. The number of amides is 1. The smallest absolute Gasteiger partial charge is 0.250 e. The van der Waals surface area contributed by atoms with Gasteiger partial charge in [-0.3, -0.25) is 9.78 Å². The number of carbonyl (C=O) groups is 1. The van der Waals surface area contributed by atoms with Crippen molar-refractivity contribution >= 4 is 40.5 Å². The van der Waals surface area contributed by atoms with Crippen molar-refractivity contribution < 1.29 is 4.79 Å². The number of fused-ring (bicyclic) bond motifs is 1. The molecule has 2 aromatic carbocycles. The third-order valence-corrected chi connectivity index (χ3v) is 5.36. The summed E-state index contributed by atoms with van der Waals surface area (Å²) in [5.41, 5.74) is 7.72. The first-order valence-corrected chi connectivity index (χ1v) is 10.0. The zero-order chi connectivity index (χ0) is 20.1. The van der Waals surface area contributed by atoms with E-state index in [0.29, 0.717) is 5.75 Å². The third-order valence-electron chi connectivity index (χ3n) is 4.30. The lowest BCUT2D eigenvalue weighted by molar-refractivity contribution is -0.118. The summed E-state index contributed by atoms with van der Waals surface area (Å²) in [5.74, 6) is 0.157. The van der Waals surface area contributed by atoms with E-state index in [1.807, 2.05) is 68.4 Å². The number of aryl methyl sites for hydroxylation is 2. The molecule has 0 aliphatic heterocycles. The van der Waals surface area contributed by atoms with E-state index in [4.69, 9.17) is 0 Å². The minimum atomic E-state index is -0.138. The van der Waals surface area contributed by atoms with Crippen LogP contribution < -0.4 is 10.3 Å². The molecule has 1 amide bonds. The molecule has 0 saturated carbocycles. The summed E-state index contributed by atoms with van der Waals surface area (Å²) in [6, 6.07) is 16.1. The average Bonchev–Trinajstić information content (AvgIpc) is 2.67. The van der Waals surface area contributed by atoms with Gasteiger partial charge in [0.05, 0.1) is 17.5 Å². The molecule has 0 unspecified atom stereocenters. The zero-order valence-electron chi connectivity index (χ0n) is 16.6. The van der Waals surface area contributed by atoms with Crippen LogP contribution in [0.3, 0.4) is 0 Å². The lowest BCUT2D eigenvalue weighted by Crippen LogP contribution is -2.19. The SMILES string of the molecule is Cc1cc(SCC(=O)NN=Cc2ccc(N(C)C)cc2)c2cccc(C)c2n1. The van der Waals surface area contributed by atoms with E-state index in [1.165, 1.54) is 11.8 Å². The molecule has 0 aliphatic rings. The Hall–Kier alpha value is -2.86. The maximum atomic E-state index is 12.2. The Morgan fingerprint density at radius 1 is 1.18 bits per heavy atom. The minimum absolute atomic E-state index is 0.138. The van der Waals surface area contributed by atoms with E-state index in [9.17, 15) is 4.79 Å². The molecule has 5 nitrogen and oxygen atoms in total. The number of aromatic nitrogens is 1. The first-order chi connectivity index (χ1) is 13.4. The fourth-order valence-electron chi connectivity index (χ4n) is 2.81. The number of pyridine rings is 1. The van der Waals surface area contributed by atoms with Crippen molar-refractivity contribution in [2.24, 2.45) is 5.10 Å². The van der Waals surface area contributed by atoms with Gasteiger partial charge in [0.15, 0.2) is 0 Å². The van der Waals surface area contributed by atoms with E-state index in [-0.39, 0.29) is 5.91 Å². The van der Waals surface area contributed by atoms with Gasteiger partial charge in [0, 0.05) is 35.8 Å². The number of carbonyl (C=O) groups excluding carboxylic acids is 1. The fraction of sp³-hybridized carbons (Fsp3) is 0.227. The quantitative estimate of drug-likeness (QED) is 0.389. The number of benzene rings is 2. The van der Waals surface area contributed by atoms with E-state index in [1.54, 1.807) is 6.21 Å². The largest absolute Gasteiger partial charge is 0.378 e. The molecule has 0 radical (unpaired) electrons. The van der Waals surface area contributed by atoms with Gasteiger partial charge in [-0.2, -0.15) is 5.10 Å². The van der Waals surface area contributed by atoms with E-state index >= 15 is 0 Å². The van der Waals surface area contributed by atoms with Gasteiger partial charge in [0.2, 0.25) is 5.91 Å². The second-order valence-corrected chi connectivity index (χ2v) is 7.82. The summed E-state index contributed by atoms with van der Waals surface area (Å²) in [5, 5.41) is 5.14. The maximum Gasteiger partial charge on any atom is 0.250 e. The molecule has 0 spiro atoms. The summed E-state index contributed by atoms with van der Waals surface area (Å²) >= 11 is 1.50. The highest BCUT2D eigenvalue weighted by Crippen LogP contribution is 2.29. The molecule has 1 N–H and O–H groups in total. The van der Waals surface area contributed by atoms with Crippen LogP contribution in [0.25, 0.3) is 10.9 Å². The number of nitrogens with zero attached hydrogens (tertiary/aromatic N) is 3. The summed E-state index contributed by atoms with van der Waals surface area (Å²) in [6.45, 7) is 4.03. The first kappa shape index (κ1) is 19.9. The fourth-order valence-corrected chi connectivity index (χ4v) is 3.74. The second kappa shape index (κ2) is 8.89. The van der Waals surface area contributed by atoms with Crippen molar-refractivity contribution in [2.75, 3.05) is 24.7 Å². The Morgan fingerprint density at radius 3 is 2.64 bits per heavy atom. The van der Waals surface area contributed by atoms with Crippen LogP contribution in [0, 0.1) is 13.8 Å². The number of rotatable bonds is 6. The summed E-state index contributed by atoms with van der Waals surface area (Å²) in [6.07, 6.45) is 1.65. The molecule has 144 valence electrons. The van der Waals surface area contributed by atoms with Crippen molar-refractivity contribution in [3.63, 3.8) is 0 Å². The van der Waals surface area contributed by atoms with Crippen molar-refractivity contribution in [1.82, 2.24) is 10.4 Å². The Morgan fingerprint density at radius 2 is 1.93 bits per heavy atom. The van der Waals surface area contributed by atoms with Crippen LogP contribution in [0.4, 0.5) is 5.69 Å². The zero-order valence-corrected chi connectivity index (χ0v) is 17.4. The molecule has 3 aromatic rings.